The molecule has 2 atom stereocenters. The van der Waals surface area contributed by atoms with Crippen LogP contribution in [-0.4, -0.2) is 50.2 Å². The Morgan fingerprint density at radius 2 is 1.93 bits per heavy atom. The maximum absolute atomic E-state index is 9.51. The lowest BCUT2D eigenvalue weighted by Crippen LogP contribution is -2.42. The summed E-state index contributed by atoms with van der Waals surface area (Å²) in [6.45, 7) is 3.87. The molecule has 2 rings (SSSR count). The minimum absolute atomic E-state index is 0.137. The minimum atomic E-state index is -0.324. The Hall–Kier alpha value is -0.160. The van der Waals surface area contributed by atoms with E-state index in [1.165, 1.54) is 0 Å². The van der Waals surface area contributed by atoms with E-state index in [0.29, 0.717) is 19.1 Å². The first-order chi connectivity index (χ1) is 6.86. The van der Waals surface area contributed by atoms with Crippen LogP contribution in [0, 0.1) is 5.92 Å². The predicted molar refractivity (Wildman–Crippen MR) is 52.2 cm³/mol. The second-order valence-electron chi connectivity index (χ2n) is 4.18. The molecule has 82 valence electrons. The fourth-order valence-corrected chi connectivity index (χ4v) is 2.01. The predicted octanol–water partition coefficient (Wildman–Crippen LogP) is -0.238. The van der Waals surface area contributed by atoms with E-state index in [1.54, 1.807) is 0 Å². The monoisotopic (exact) mass is 201 g/mol. The van der Waals surface area contributed by atoms with Gasteiger partial charge in [0.25, 0.3) is 0 Å². The number of aliphatic hydroxyl groups excluding tert-OH is 1. The van der Waals surface area contributed by atoms with Gasteiger partial charge >= 0.3 is 0 Å². The van der Waals surface area contributed by atoms with Crippen LogP contribution in [0.5, 0.6) is 0 Å². The van der Waals surface area contributed by atoms with Crippen LogP contribution in [0.2, 0.25) is 0 Å². The second kappa shape index (κ2) is 5.07. The third-order valence-electron chi connectivity index (χ3n) is 3.06. The highest BCUT2D eigenvalue weighted by Gasteiger charge is 2.26. The van der Waals surface area contributed by atoms with Gasteiger partial charge in [0, 0.05) is 13.2 Å². The van der Waals surface area contributed by atoms with Crippen LogP contribution in [0.25, 0.3) is 0 Å². The van der Waals surface area contributed by atoms with Gasteiger partial charge < -0.3 is 19.9 Å². The highest BCUT2D eigenvalue weighted by atomic mass is 16.5. The quantitative estimate of drug-likeness (QED) is 0.662. The summed E-state index contributed by atoms with van der Waals surface area (Å²) < 4.78 is 10.5. The van der Waals surface area contributed by atoms with Gasteiger partial charge in [-0.25, -0.2) is 0 Å². The molecule has 0 radical (unpaired) electrons. The summed E-state index contributed by atoms with van der Waals surface area (Å²) in [6.07, 6.45) is 1.95. The molecule has 4 heteroatoms. The average Bonchev–Trinajstić information content (AvgIpc) is 2.63. The molecule has 0 aromatic carbocycles. The lowest BCUT2D eigenvalue weighted by atomic mass is 10.00. The fraction of sp³-hybridized carbons (Fsp3) is 1.00. The zero-order valence-corrected chi connectivity index (χ0v) is 8.45. The van der Waals surface area contributed by atoms with Gasteiger partial charge in [-0.1, -0.05) is 0 Å². The van der Waals surface area contributed by atoms with Crippen LogP contribution in [0.4, 0.5) is 0 Å². The molecule has 2 heterocycles. The number of ether oxygens (including phenoxy) is 2. The topological polar surface area (TPSA) is 50.7 Å². The zero-order valence-electron chi connectivity index (χ0n) is 8.45. The van der Waals surface area contributed by atoms with Gasteiger partial charge in [-0.05, 0) is 25.3 Å². The molecule has 0 unspecified atom stereocenters. The molecule has 0 saturated carbocycles. The largest absolute Gasteiger partial charge is 0.389 e. The Kier molecular flexibility index (Phi) is 3.75. The molecular weight excluding hydrogens is 182 g/mol. The molecule has 2 aliphatic heterocycles. The standard InChI is InChI=1S/C10H19NO3/c12-10-7-14-6-9(10)11-5-8-1-3-13-4-2-8/h8-12H,1-7H2/t9-,10-/m1/s1. The van der Waals surface area contributed by atoms with Crippen molar-refractivity contribution in [3.8, 4) is 0 Å². The van der Waals surface area contributed by atoms with E-state index in [1.807, 2.05) is 0 Å². The van der Waals surface area contributed by atoms with Crippen LogP contribution < -0.4 is 5.32 Å². The van der Waals surface area contributed by atoms with E-state index in [-0.39, 0.29) is 12.1 Å². The van der Waals surface area contributed by atoms with E-state index in [0.717, 1.165) is 32.6 Å². The van der Waals surface area contributed by atoms with Gasteiger partial charge in [-0.2, -0.15) is 0 Å². The third kappa shape index (κ3) is 2.67. The highest BCUT2D eigenvalue weighted by molar-refractivity contribution is 4.81. The van der Waals surface area contributed by atoms with Crippen molar-refractivity contribution < 1.29 is 14.6 Å². The Morgan fingerprint density at radius 1 is 1.14 bits per heavy atom. The molecule has 2 N–H and O–H groups in total. The summed E-state index contributed by atoms with van der Waals surface area (Å²) in [7, 11) is 0. The molecule has 0 aromatic rings. The van der Waals surface area contributed by atoms with Crippen molar-refractivity contribution in [1.82, 2.24) is 5.32 Å². The van der Waals surface area contributed by atoms with Crippen molar-refractivity contribution in [2.24, 2.45) is 5.92 Å². The van der Waals surface area contributed by atoms with Crippen molar-refractivity contribution >= 4 is 0 Å². The number of rotatable bonds is 3. The van der Waals surface area contributed by atoms with Gasteiger partial charge in [-0.15, -0.1) is 0 Å². The Bertz CT molecular complexity index is 171. The van der Waals surface area contributed by atoms with Gasteiger partial charge in [0.05, 0.1) is 25.4 Å². The molecule has 2 aliphatic rings. The van der Waals surface area contributed by atoms with Crippen LogP contribution in [0.15, 0.2) is 0 Å². The smallest absolute Gasteiger partial charge is 0.0948 e. The van der Waals surface area contributed by atoms with E-state index in [9.17, 15) is 5.11 Å². The first-order valence-electron chi connectivity index (χ1n) is 5.43. The Morgan fingerprint density at radius 3 is 2.57 bits per heavy atom. The summed E-state index contributed by atoms with van der Waals surface area (Å²) >= 11 is 0. The van der Waals surface area contributed by atoms with Crippen LogP contribution >= 0.6 is 0 Å². The molecule has 4 nitrogen and oxygen atoms in total. The SMILES string of the molecule is O[C@@H]1COC[C@H]1NCC1CCOCC1. The minimum Gasteiger partial charge on any atom is -0.389 e. The first kappa shape index (κ1) is 10.4. The summed E-state index contributed by atoms with van der Waals surface area (Å²) in [5.41, 5.74) is 0. The molecule has 14 heavy (non-hydrogen) atoms. The van der Waals surface area contributed by atoms with Gasteiger partial charge in [0.15, 0.2) is 0 Å². The molecular formula is C10H19NO3. The van der Waals surface area contributed by atoms with E-state index < -0.39 is 0 Å². The zero-order chi connectivity index (χ0) is 9.80. The average molecular weight is 201 g/mol. The van der Waals surface area contributed by atoms with Gasteiger partial charge in [0.2, 0.25) is 0 Å². The number of hydrogen-bond donors (Lipinski definition) is 2. The van der Waals surface area contributed by atoms with E-state index in [2.05, 4.69) is 5.32 Å². The maximum Gasteiger partial charge on any atom is 0.0948 e. The molecule has 0 amide bonds. The molecule has 0 bridgehead atoms. The highest BCUT2D eigenvalue weighted by Crippen LogP contribution is 2.14. The first-order valence-corrected chi connectivity index (χ1v) is 5.43. The normalized spacial score (nSPS) is 34.9. The maximum atomic E-state index is 9.51. The summed E-state index contributed by atoms with van der Waals surface area (Å²) in [5.74, 6) is 0.705. The van der Waals surface area contributed by atoms with E-state index >= 15 is 0 Å². The lowest BCUT2D eigenvalue weighted by Gasteiger charge is -2.24. The van der Waals surface area contributed by atoms with Gasteiger partial charge in [0.1, 0.15) is 0 Å². The van der Waals surface area contributed by atoms with Crippen LogP contribution in [-0.2, 0) is 9.47 Å². The number of aliphatic hydroxyl groups is 1. The van der Waals surface area contributed by atoms with Crippen molar-refractivity contribution in [3.05, 3.63) is 0 Å². The third-order valence-corrected chi connectivity index (χ3v) is 3.06. The fourth-order valence-electron chi connectivity index (χ4n) is 2.01. The molecule has 0 aliphatic carbocycles. The van der Waals surface area contributed by atoms with E-state index in [4.69, 9.17) is 9.47 Å². The second-order valence-corrected chi connectivity index (χ2v) is 4.18. The molecule has 2 saturated heterocycles. The van der Waals surface area contributed by atoms with Crippen molar-refractivity contribution in [2.45, 2.75) is 25.0 Å². The molecule has 0 spiro atoms. The summed E-state index contributed by atoms with van der Waals surface area (Å²) in [4.78, 5) is 0. The lowest BCUT2D eigenvalue weighted by molar-refractivity contribution is 0.0635. The van der Waals surface area contributed by atoms with Gasteiger partial charge in [-0.3, -0.25) is 0 Å². The number of nitrogens with one attached hydrogen (secondary N) is 1. The van der Waals surface area contributed by atoms with Crippen LogP contribution in [0.3, 0.4) is 0 Å². The molecule has 2 fully saturated rings. The van der Waals surface area contributed by atoms with Crippen molar-refractivity contribution in [2.75, 3.05) is 33.0 Å². The molecule has 0 aromatic heterocycles. The van der Waals surface area contributed by atoms with Crippen molar-refractivity contribution in [1.29, 1.82) is 0 Å². The number of hydrogen-bond acceptors (Lipinski definition) is 4. The van der Waals surface area contributed by atoms with Crippen LogP contribution in [0.1, 0.15) is 12.8 Å². The Labute approximate surface area is 84.6 Å². The summed E-state index contributed by atoms with van der Waals surface area (Å²) in [6, 6.07) is 0.137. The van der Waals surface area contributed by atoms with Crippen molar-refractivity contribution in [3.63, 3.8) is 0 Å². The Balaban J connectivity index is 1.65. The summed E-state index contributed by atoms with van der Waals surface area (Å²) in [5, 5.41) is 12.9.